The van der Waals surface area contributed by atoms with E-state index >= 15 is 0 Å². The van der Waals surface area contributed by atoms with Crippen LogP contribution in [0, 0.1) is 5.82 Å². The maximum absolute atomic E-state index is 13.0. The van der Waals surface area contributed by atoms with Gasteiger partial charge in [0, 0.05) is 12.0 Å². The van der Waals surface area contributed by atoms with Crippen LogP contribution in [0.5, 0.6) is 0 Å². The van der Waals surface area contributed by atoms with Crippen LogP contribution in [-0.4, -0.2) is 23.1 Å². The molecule has 0 bridgehead atoms. The van der Waals surface area contributed by atoms with Gasteiger partial charge >= 0.3 is 0 Å². The number of halogens is 1. The molecule has 2 rings (SSSR count). The number of carbonyl (C=O) groups is 2. The molecule has 0 aliphatic carbocycles. The Bertz CT molecular complexity index is 730. The standard InChI is InChI=1S/C20H23FN2O3/c1-2-3-4-14-5-9-16(10-6-14)19(24)22-18(20(25)23-26)13-15-7-11-17(21)12-8-15/h5-12,18,26H,2-4,13H2,1H3,(H,22,24)(H,23,25)/t18-/m0/s1. The molecule has 3 N–H and O–H groups in total. The minimum Gasteiger partial charge on any atom is -0.340 e. The zero-order valence-electron chi connectivity index (χ0n) is 14.7. The lowest BCUT2D eigenvalue weighted by Gasteiger charge is -2.17. The summed E-state index contributed by atoms with van der Waals surface area (Å²) in [6, 6.07) is 11.9. The van der Waals surface area contributed by atoms with E-state index in [4.69, 9.17) is 5.21 Å². The first-order chi connectivity index (χ1) is 12.5. The molecule has 0 saturated carbocycles. The van der Waals surface area contributed by atoms with Crippen molar-refractivity contribution in [1.82, 2.24) is 10.8 Å². The minimum absolute atomic E-state index is 0.132. The van der Waals surface area contributed by atoms with E-state index in [0.717, 1.165) is 24.8 Å². The first-order valence-electron chi connectivity index (χ1n) is 8.61. The van der Waals surface area contributed by atoms with Crippen molar-refractivity contribution in [3.05, 3.63) is 71.0 Å². The minimum atomic E-state index is -0.974. The van der Waals surface area contributed by atoms with Crippen LogP contribution in [-0.2, 0) is 17.6 Å². The summed E-state index contributed by atoms with van der Waals surface area (Å²) < 4.78 is 13.0. The van der Waals surface area contributed by atoms with Crippen molar-refractivity contribution in [2.45, 2.75) is 38.6 Å². The molecular weight excluding hydrogens is 335 g/mol. The van der Waals surface area contributed by atoms with Crippen LogP contribution in [0.2, 0.25) is 0 Å². The fourth-order valence-electron chi connectivity index (χ4n) is 2.59. The van der Waals surface area contributed by atoms with Crippen LogP contribution in [0.4, 0.5) is 4.39 Å². The number of carbonyl (C=O) groups excluding carboxylic acids is 2. The summed E-state index contributed by atoms with van der Waals surface area (Å²) >= 11 is 0. The van der Waals surface area contributed by atoms with Crippen molar-refractivity contribution in [3.8, 4) is 0 Å². The molecule has 0 unspecified atom stereocenters. The molecule has 0 fully saturated rings. The average Bonchev–Trinajstić information content (AvgIpc) is 2.67. The van der Waals surface area contributed by atoms with Gasteiger partial charge < -0.3 is 5.32 Å². The van der Waals surface area contributed by atoms with Crippen molar-refractivity contribution in [3.63, 3.8) is 0 Å². The van der Waals surface area contributed by atoms with E-state index in [-0.39, 0.29) is 12.2 Å². The molecule has 1 atom stereocenters. The van der Waals surface area contributed by atoms with Crippen LogP contribution in [0.15, 0.2) is 48.5 Å². The smallest absolute Gasteiger partial charge is 0.266 e. The highest BCUT2D eigenvalue weighted by Gasteiger charge is 2.21. The van der Waals surface area contributed by atoms with Crippen molar-refractivity contribution in [2.24, 2.45) is 0 Å². The van der Waals surface area contributed by atoms with Gasteiger partial charge in [0.05, 0.1) is 0 Å². The van der Waals surface area contributed by atoms with Gasteiger partial charge in [0.15, 0.2) is 0 Å². The van der Waals surface area contributed by atoms with Gasteiger partial charge in [0.2, 0.25) is 0 Å². The molecule has 2 aromatic rings. The number of hydrogen-bond acceptors (Lipinski definition) is 3. The molecular formula is C20H23FN2O3. The average molecular weight is 358 g/mol. The summed E-state index contributed by atoms with van der Waals surface area (Å²) in [6.07, 6.45) is 3.27. The third kappa shape index (κ3) is 5.67. The predicted molar refractivity (Wildman–Crippen MR) is 96.3 cm³/mol. The van der Waals surface area contributed by atoms with Gasteiger partial charge in [-0.05, 0) is 48.2 Å². The number of aryl methyl sites for hydroxylation is 1. The second-order valence-corrected chi connectivity index (χ2v) is 6.13. The third-order valence-corrected chi connectivity index (χ3v) is 4.12. The normalized spacial score (nSPS) is 11.7. The lowest BCUT2D eigenvalue weighted by molar-refractivity contribution is -0.131. The molecule has 5 nitrogen and oxygen atoms in total. The predicted octanol–water partition coefficient (Wildman–Crippen LogP) is 3.01. The van der Waals surface area contributed by atoms with Crippen molar-refractivity contribution in [1.29, 1.82) is 0 Å². The quantitative estimate of drug-likeness (QED) is 0.501. The topological polar surface area (TPSA) is 78.4 Å². The van der Waals surface area contributed by atoms with Gasteiger partial charge in [-0.2, -0.15) is 0 Å². The first-order valence-corrected chi connectivity index (χ1v) is 8.61. The van der Waals surface area contributed by atoms with E-state index in [2.05, 4.69) is 12.2 Å². The molecule has 0 saturated heterocycles. The first kappa shape index (κ1) is 19.6. The summed E-state index contributed by atoms with van der Waals surface area (Å²) in [5.41, 5.74) is 3.80. The fraction of sp³-hybridized carbons (Fsp3) is 0.300. The van der Waals surface area contributed by atoms with Crippen LogP contribution >= 0.6 is 0 Å². The van der Waals surface area contributed by atoms with Crippen LogP contribution in [0.25, 0.3) is 0 Å². The Kier molecular flexibility index (Phi) is 7.29. The number of hydroxylamine groups is 1. The molecule has 26 heavy (non-hydrogen) atoms. The number of rotatable bonds is 8. The van der Waals surface area contributed by atoms with E-state index in [1.165, 1.54) is 24.3 Å². The van der Waals surface area contributed by atoms with E-state index < -0.39 is 17.9 Å². The molecule has 0 aromatic heterocycles. The Morgan fingerprint density at radius 1 is 1.04 bits per heavy atom. The maximum Gasteiger partial charge on any atom is 0.266 e. The molecule has 0 spiro atoms. The number of amides is 2. The second-order valence-electron chi connectivity index (χ2n) is 6.13. The van der Waals surface area contributed by atoms with Gasteiger partial charge in [-0.1, -0.05) is 37.6 Å². The van der Waals surface area contributed by atoms with Crippen LogP contribution in [0.3, 0.4) is 0 Å². The number of hydrogen-bond donors (Lipinski definition) is 3. The summed E-state index contributed by atoms with van der Waals surface area (Å²) in [5, 5.41) is 11.5. The molecule has 0 heterocycles. The second kappa shape index (κ2) is 9.68. The van der Waals surface area contributed by atoms with Crippen molar-refractivity contribution >= 4 is 11.8 Å². The Balaban J connectivity index is 2.05. The highest BCUT2D eigenvalue weighted by Crippen LogP contribution is 2.10. The lowest BCUT2D eigenvalue weighted by Crippen LogP contribution is -2.47. The molecule has 0 aliphatic heterocycles. The fourth-order valence-corrected chi connectivity index (χ4v) is 2.59. The van der Waals surface area contributed by atoms with E-state index in [0.29, 0.717) is 11.1 Å². The Morgan fingerprint density at radius 3 is 2.23 bits per heavy atom. The van der Waals surface area contributed by atoms with Crippen LogP contribution < -0.4 is 10.8 Å². The molecule has 138 valence electrons. The highest BCUT2D eigenvalue weighted by atomic mass is 19.1. The molecule has 6 heteroatoms. The highest BCUT2D eigenvalue weighted by molar-refractivity contribution is 5.97. The molecule has 0 radical (unpaired) electrons. The van der Waals surface area contributed by atoms with E-state index in [1.54, 1.807) is 17.6 Å². The zero-order valence-corrected chi connectivity index (χ0v) is 14.7. The van der Waals surface area contributed by atoms with Gasteiger partial charge in [0.25, 0.3) is 11.8 Å². The zero-order chi connectivity index (χ0) is 18.9. The molecule has 2 amide bonds. The largest absolute Gasteiger partial charge is 0.340 e. The Morgan fingerprint density at radius 2 is 1.65 bits per heavy atom. The monoisotopic (exact) mass is 358 g/mol. The summed E-state index contributed by atoms with van der Waals surface area (Å²) in [7, 11) is 0. The summed E-state index contributed by atoms with van der Waals surface area (Å²) in [5.74, 6) is -1.53. The number of nitrogens with one attached hydrogen (secondary N) is 2. The number of unbranched alkanes of at least 4 members (excludes halogenated alkanes) is 1. The van der Waals surface area contributed by atoms with E-state index in [9.17, 15) is 14.0 Å². The van der Waals surface area contributed by atoms with Crippen LogP contribution in [0.1, 0.15) is 41.3 Å². The van der Waals surface area contributed by atoms with Crippen molar-refractivity contribution in [2.75, 3.05) is 0 Å². The molecule has 0 aliphatic rings. The van der Waals surface area contributed by atoms with Gasteiger partial charge in [-0.15, -0.1) is 0 Å². The van der Waals surface area contributed by atoms with E-state index in [1.807, 2.05) is 12.1 Å². The molecule has 2 aromatic carbocycles. The number of benzene rings is 2. The lowest BCUT2D eigenvalue weighted by atomic mass is 10.0. The SMILES string of the molecule is CCCCc1ccc(C(=O)N[C@@H](Cc2ccc(F)cc2)C(=O)NO)cc1. The summed E-state index contributed by atoms with van der Waals surface area (Å²) in [6.45, 7) is 2.12. The van der Waals surface area contributed by atoms with Gasteiger partial charge in [-0.3, -0.25) is 14.8 Å². The third-order valence-electron chi connectivity index (χ3n) is 4.12. The van der Waals surface area contributed by atoms with Gasteiger partial charge in [-0.25, -0.2) is 9.87 Å². The summed E-state index contributed by atoms with van der Waals surface area (Å²) in [4.78, 5) is 24.3. The maximum atomic E-state index is 13.0. The van der Waals surface area contributed by atoms with Crippen molar-refractivity contribution < 1.29 is 19.2 Å². The Hall–Kier alpha value is -2.73. The van der Waals surface area contributed by atoms with Gasteiger partial charge in [0.1, 0.15) is 11.9 Å². The Labute approximate surface area is 152 Å².